The summed E-state index contributed by atoms with van der Waals surface area (Å²) in [6.07, 6.45) is 7.74. The van der Waals surface area contributed by atoms with E-state index in [1.54, 1.807) is 0 Å². The second kappa shape index (κ2) is 26.4. The van der Waals surface area contributed by atoms with Crippen molar-refractivity contribution < 1.29 is 46.7 Å². The Balaban J connectivity index is 3.72. The van der Waals surface area contributed by atoms with Gasteiger partial charge in [-0.2, -0.15) is 8.42 Å². The monoisotopic (exact) mass is 609 g/mol. The molecule has 2 amide bonds. The molecule has 41 heavy (non-hydrogen) atoms. The Labute approximate surface area is 242 Å². The van der Waals surface area contributed by atoms with Crippen molar-refractivity contribution in [2.24, 2.45) is 5.11 Å². The molecule has 0 heterocycles. The molecule has 1 atom stereocenters. The van der Waals surface area contributed by atoms with Crippen LogP contribution < -0.4 is 10.6 Å². The average Bonchev–Trinajstić information content (AvgIpc) is 2.91. The van der Waals surface area contributed by atoms with Crippen LogP contribution in [0.1, 0.15) is 77.0 Å². The first-order valence-corrected chi connectivity index (χ1v) is 15.7. The van der Waals surface area contributed by atoms with Gasteiger partial charge >= 0.3 is 5.97 Å². The molecule has 0 aromatic carbocycles. The Kier molecular flexibility index (Phi) is 24.8. The lowest BCUT2D eigenvalue weighted by Gasteiger charge is -2.14. The molecule has 0 aromatic rings. The fourth-order valence-electron chi connectivity index (χ4n) is 3.65. The van der Waals surface area contributed by atoms with E-state index in [1.807, 2.05) is 0 Å². The summed E-state index contributed by atoms with van der Waals surface area (Å²) in [6.45, 7) is 2.60. The molecule has 0 fully saturated rings. The first-order chi connectivity index (χ1) is 19.7. The molecule has 0 radical (unpaired) electrons. The van der Waals surface area contributed by atoms with Crippen LogP contribution in [0, 0.1) is 0 Å². The summed E-state index contributed by atoms with van der Waals surface area (Å²) in [7, 11) is -3.87. The zero-order chi connectivity index (χ0) is 30.6. The summed E-state index contributed by atoms with van der Waals surface area (Å²) in [4.78, 5) is 38.2. The maximum absolute atomic E-state index is 12.1. The van der Waals surface area contributed by atoms with Crippen molar-refractivity contribution in [2.75, 3.05) is 58.5 Å². The van der Waals surface area contributed by atoms with Crippen LogP contribution in [0.2, 0.25) is 0 Å². The van der Waals surface area contributed by atoms with Crippen molar-refractivity contribution in [3.8, 4) is 0 Å². The molecule has 4 N–H and O–H groups in total. The van der Waals surface area contributed by atoms with Gasteiger partial charge in [0.25, 0.3) is 10.1 Å². The van der Waals surface area contributed by atoms with E-state index in [9.17, 15) is 27.9 Å². The summed E-state index contributed by atoms with van der Waals surface area (Å²) < 4.78 is 45.8. The van der Waals surface area contributed by atoms with E-state index >= 15 is 0 Å². The maximum atomic E-state index is 12.1. The third-order valence-corrected chi connectivity index (χ3v) is 6.62. The first kappa shape index (κ1) is 38.5. The molecular weight excluding hydrogens is 562 g/mol. The molecule has 15 nitrogen and oxygen atoms in total. The van der Waals surface area contributed by atoms with Gasteiger partial charge in [0.1, 0.15) is 6.04 Å². The molecule has 0 bridgehead atoms. The molecule has 0 aliphatic carbocycles. The van der Waals surface area contributed by atoms with Crippen molar-refractivity contribution in [2.45, 2.75) is 83.1 Å². The van der Waals surface area contributed by atoms with Gasteiger partial charge in [-0.1, -0.05) is 50.1 Å². The van der Waals surface area contributed by atoms with Crippen LogP contribution in [-0.4, -0.2) is 100 Å². The number of ether oxygens (including phenoxy) is 3. The average molecular weight is 610 g/mol. The van der Waals surface area contributed by atoms with Gasteiger partial charge in [0.05, 0.1) is 45.4 Å². The molecule has 0 saturated heterocycles. The molecular formula is C25H47N5O10S. The van der Waals surface area contributed by atoms with Crippen LogP contribution in [0.25, 0.3) is 10.4 Å². The van der Waals surface area contributed by atoms with Gasteiger partial charge in [-0.3, -0.25) is 14.1 Å². The summed E-state index contributed by atoms with van der Waals surface area (Å²) in [5.41, 5.74) is 8.13. The summed E-state index contributed by atoms with van der Waals surface area (Å²) in [5.74, 6) is -2.07. The van der Waals surface area contributed by atoms with Gasteiger partial charge in [0.15, 0.2) is 0 Å². The Morgan fingerprint density at radius 1 is 0.780 bits per heavy atom. The number of hydrogen-bond donors (Lipinski definition) is 4. The second-order valence-corrected chi connectivity index (χ2v) is 10.9. The number of aliphatic carboxylic acids is 1. The first-order valence-electron chi connectivity index (χ1n) is 14.1. The van der Waals surface area contributed by atoms with Gasteiger partial charge in [-0.15, -0.1) is 0 Å². The number of carbonyl (C=O) groups is 3. The number of unbranched alkanes of at least 4 members (excludes halogenated alkanes) is 8. The third-order valence-electron chi connectivity index (χ3n) is 5.81. The Bertz CT molecular complexity index is 869. The molecule has 1 unspecified atom stereocenters. The highest BCUT2D eigenvalue weighted by Crippen LogP contribution is 2.11. The largest absolute Gasteiger partial charge is 0.480 e. The smallest absolute Gasteiger partial charge is 0.326 e. The van der Waals surface area contributed by atoms with E-state index in [-0.39, 0.29) is 56.5 Å². The fraction of sp³-hybridized carbons (Fsp3) is 0.880. The predicted octanol–water partition coefficient (Wildman–Crippen LogP) is 2.60. The molecule has 0 rings (SSSR count). The number of nitrogens with zero attached hydrogens (tertiary/aromatic N) is 3. The highest BCUT2D eigenvalue weighted by Gasteiger charge is 2.20. The Hall–Kier alpha value is -2.49. The van der Waals surface area contributed by atoms with Crippen LogP contribution in [0.15, 0.2) is 5.11 Å². The standard InChI is InChI=1S/C25H47N5O10S/c26-30-28-14-16-39-18-20-40-19-17-38-15-13-27-23(31)12-11-22(25(33)34)29-24(32)10-8-6-4-2-1-3-5-7-9-21-41(35,36)37/h22H,1-21H2,(H,27,31)(H,29,32)(H,33,34)(H,35,36,37). The summed E-state index contributed by atoms with van der Waals surface area (Å²) >= 11 is 0. The topological polar surface area (TPSA) is 226 Å². The van der Waals surface area contributed by atoms with Crippen molar-refractivity contribution >= 4 is 27.9 Å². The van der Waals surface area contributed by atoms with Crippen LogP contribution >= 0.6 is 0 Å². The molecule has 0 aliphatic rings. The van der Waals surface area contributed by atoms with Crippen LogP contribution in [0.3, 0.4) is 0 Å². The van der Waals surface area contributed by atoms with Crippen LogP contribution in [0.5, 0.6) is 0 Å². The zero-order valence-corrected chi connectivity index (χ0v) is 24.7. The van der Waals surface area contributed by atoms with Crippen molar-refractivity contribution in [1.82, 2.24) is 10.6 Å². The number of carboxylic acid groups (broad SMARTS) is 1. The molecule has 0 spiro atoms. The van der Waals surface area contributed by atoms with Crippen LogP contribution in [-0.2, 0) is 38.7 Å². The third kappa shape index (κ3) is 28.8. The number of rotatable bonds is 29. The van der Waals surface area contributed by atoms with E-state index in [0.29, 0.717) is 45.9 Å². The number of carbonyl (C=O) groups excluding carboxylic acids is 2. The molecule has 238 valence electrons. The van der Waals surface area contributed by atoms with Crippen molar-refractivity contribution in [3.05, 3.63) is 10.4 Å². The second-order valence-electron chi connectivity index (χ2n) is 9.36. The normalized spacial score (nSPS) is 11.9. The predicted molar refractivity (Wildman–Crippen MR) is 151 cm³/mol. The van der Waals surface area contributed by atoms with E-state index in [4.69, 9.17) is 24.3 Å². The van der Waals surface area contributed by atoms with Crippen molar-refractivity contribution in [1.29, 1.82) is 0 Å². The van der Waals surface area contributed by atoms with Crippen molar-refractivity contribution in [3.63, 3.8) is 0 Å². The molecule has 0 aliphatic heterocycles. The van der Waals surface area contributed by atoms with Gasteiger partial charge in [-0.05, 0) is 24.8 Å². The van der Waals surface area contributed by atoms with Crippen LogP contribution in [0.4, 0.5) is 0 Å². The highest BCUT2D eigenvalue weighted by molar-refractivity contribution is 7.85. The van der Waals surface area contributed by atoms with E-state index in [0.717, 1.165) is 44.9 Å². The Morgan fingerprint density at radius 3 is 1.88 bits per heavy atom. The summed E-state index contributed by atoms with van der Waals surface area (Å²) in [6, 6.07) is -1.13. The number of amides is 2. The number of nitrogens with one attached hydrogen (secondary N) is 2. The molecule has 0 saturated carbocycles. The van der Waals surface area contributed by atoms with Gasteiger partial charge in [-0.25, -0.2) is 4.79 Å². The van der Waals surface area contributed by atoms with E-state index in [1.165, 1.54) is 0 Å². The maximum Gasteiger partial charge on any atom is 0.326 e. The number of carboxylic acids is 1. The lowest BCUT2D eigenvalue weighted by molar-refractivity contribution is -0.142. The zero-order valence-electron chi connectivity index (χ0n) is 23.8. The quantitative estimate of drug-likeness (QED) is 0.0318. The minimum absolute atomic E-state index is 0.0171. The highest BCUT2D eigenvalue weighted by atomic mass is 32.2. The SMILES string of the molecule is [N-]=[N+]=NCCOCCOCCOCCNC(=O)CCC(NC(=O)CCCCCCCCCCCS(=O)(=O)O)C(=O)O. The van der Waals surface area contributed by atoms with Gasteiger partial charge in [0.2, 0.25) is 11.8 Å². The number of azide groups is 1. The minimum Gasteiger partial charge on any atom is -0.480 e. The lowest BCUT2D eigenvalue weighted by Crippen LogP contribution is -2.41. The molecule has 16 heteroatoms. The minimum atomic E-state index is -3.87. The fourth-order valence-corrected chi connectivity index (χ4v) is 4.22. The van der Waals surface area contributed by atoms with Gasteiger partial charge < -0.3 is 30.0 Å². The molecule has 0 aromatic heterocycles. The number of hydrogen-bond acceptors (Lipinski definition) is 9. The summed E-state index contributed by atoms with van der Waals surface area (Å²) in [5, 5.41) is 17.8. The lowest BCUT2D eigenvalue weighted by atomic mass is 10.1. The van der Waals surface area contributed by atoms with E-state index < -0.39 is 22.1 Å². The van der Waals surface area contributed by atoms with E-state index in [2.05, 4.69) is 20.7 Å². The van der Waals surface area contributed by atoms with Gasteiger partial charge in [0, 0.05) is 30.8 Å². The Morgan fingerprint density at radius 2 is 1.32 bits per heavy atom.